The van der Waals surface area contributed by atoms with Gasteiger partial charge in [-0.2, -0.15) is 0 Å². The highest BCUT2D eigenvalue weighted by Crippen LogP contribution is 2.28. The van der Waals surface area contributed by atoms with E-state index in [9.17, 15) is 9.59 Å². The third-order valence-electron chi connectivity index (χ3n) is 4.11. The lowest BCUT2D eigenvalue weighted by Gasteiger charge is -2.17. The summed E-state index contributed by atoms with van der Waals surface area (Å²) in [5.74, 6) is -0.118. The molecule has 0 saturated heterocycles. The van der Waals surface area contributed by atoms with Gasteiger partial charge in [-0.05, 0) is 49.6 Å². The van der Waals surface area contributed by atoms with Gasteiger partial charge in [0.15, 0.2) is 0 Å². The van der Waals surface area contributed by atoms with Gasteiger partial charge >= 0.3 is 0 Å². The van der Waals surface area contributed by atoms with Crippen molar-refractivity contribution >= 4 is 17.5 Å². The number of fused-ring (bicyclic) bond motifs is 1. The summed E-state index contributed by atoms with van der Waals surface area (Å²) in [4.78, 5) is 30.3. The highest BCUT2D eigenvalue weighted by Gasteiger charge is 2.25. The van der Waals surface area contributed by atoms with Crippen molar-refractivity contribution in [1.82, 2.24) is 10.3 Å². The zero-order chi connectivity index (χ0) is 17.8. The molecule has 25 heavy (non-hydrogen) atoms. The van der Waals surface area contributed by atoms with Crippen LogP contribution in [0.25, 0.3) is 0 Å². The maximum absolute atomic E-state index is 12.7. The van der Waals surface area contributed by atoms with Crippen molar-refractivity contribution in [3.8, 4) is 0 Å². The van der Waals surface area contributed by atoms with Gasteiger partial charge < -0.3 is 10.2 Å². The summed E-state index contributed by atoms with van der Waals surface area (Å²) in [5.41, 5.74) is 4.61. The molecule has 0 atom stereocenters. The van der Waals surface area contributed by atoms with Crippen LogP contribution in [0.4, 0.5) is 5.69 Å². The summed E-state index contributed by atoms with van der Waals surface area (Å²) < 4.78 is 0. The summed E-state index contributed by atoms with van der Waals surface area (Å²) in [7, 11) is 0. The van der Waals surface area contributed by atoms with Crippen LogP contribution in [-0.4, -0.2) is 23.3 Å². The fourth-order valence-electron chi connectivity index (χ4n) is 2.86. The second-order valence-corrected chi connectivity index (χ2v) is 6.35. The number of anilines is 1. The maximum atomic E-state index is 12.7. The Labute approximate surface area is 147 Å². The van der Waals surface area contributed by atoms with Crippen LogP contribution >= 0.6 is 0 Å². The van der Waals surface area contributed by atoms with Gasteiger partial charge in [0.1, 0.15) is 0 Å². The third-order valence-corrected chi connectivity index (χ3v) is 4.11. The normalized spacial score (nSPS) is 12.5. The molecule has 0 spiro atoms. The number of carbonyl (C=O) groups excluding carboxylic acids is 2. The highest BCUT2D eigenvalue weighted by molar-refractivity contribution is 6.07. The molecule has 1 aromatic carbocycles. The quantitative estimate of drug-likeness (QED) is 0.874. The van der Waals surface area contributed by atoms with Crippen molar-refractivity contribution in [2.75, 3.05) is 11.4 Å². The molecule has 2 amide bonds. The molecule has 0 unspecified atom stereocenters. The lowest BCUT2D eigenvalue weighted by atomic mass is 10.1. The van der Waals surface area contributed by atoms with Crippen LogP contribution in [0.2, 0.25) is 0 Å². The minimum absolute atomic E-state index is 0.00919. The maximum Gasteiger partial charge on any atom is 0.258 e. The molecule has 0 aliphatic carbocycles. The van der Waals surface area contributed by atoms with E-state index in [4.69, 9.17) is 0 Å². The summed E-state index contributed by atoms with van der Waals surface area (Å²) >= 11 is 0. The summed E-state index contributed by atoms with van der Waals surface area (Å²) in [5, 5.41) is 2.83. The number of benzene rings is 1. The van der Waals surface area contributed by atoms with E-state index in [-0.39, 0.29) is 11.8 Å². The Bertz CT molecular complexity index is 821. The molecule has 0 saturated carbocycles. The molecule has 0 fully saturated rings. The number of amides is 2. The Hall–Kier alpha value is -2.95. The van der Waals surface area contributed by atoms with E-state index in [0.29, 0.717) is 18.7 Å². The molecule has 2 aromatic rings. The van der Waals surface area contributed by atoms with Crippen molar-refractivity contribution in [2.24, 2.45) is 0 Å². The van der Waals surface area contributed by atoms with Crippen molar-refractivity contribution < 1.29 is 9.59 Å². The van der Waals surface area contributed by atoms with Crippen LogP contribution in [0.5, 0.6) is 0 Å². The first-order chi connectivity index (χ1) is 12.0. The smallest absolute Gasteiger partial charge is 0.258 e. The number of aromatic nitrogens is 1. The van der Waals surface area contributed by atoms with E-state index in [1.807, 2.05) is 50.4 Å². The van der Waals surface area contributed by atoms with Crippen molar-refractivity contribution in [3.05, 3.63) is 71.1 Å². The lowest BCUT2D eigenvalue weighted by molar-refractivity contribution is -0.116. The van der Waals surface area contributed by atoms with Crippen LogP contribution in [0.1, 0.15) is 35.3 Å². The van der Waals surface area contributed by atoms with Crippen LogP contribution in [0, 0.1) is 0 Å². The number of allylic oxidation sites excluding steroid dienone is 1. The first-order valence-corrected chi connectivity index (χ1v) is 8.31. The van der Waals surface area contributed by atoms with Gasteiger partial charge in [-0.3, -0.25) is 14.6 Å². The second kappa shape index (κ2) is 7.30. The van der Waals surface area contributed by atoms with Crippen molar-refractivity contribution in [2.45, 2.75) is 26.8 Å². The topological polar surface area (TPSA) is 62.3 Å². The van der Waals surface area contributed by atoms with Gasteiger partial charge in [0.25, 0.3) is 5.91 Å². The Balaban J connectivity index is 1.66. The SMILES string of the molecule is CC(C)=CC(=O)NCc1ccc(C(=O)N2CCc3cnccc32)cc1. The molecule has 5 nitrogen and oxygen atoms in total. The van der Waals surface area contributed by atoms with Crippen LogP contribution < -0.4 is 10.2 Å². The fourth-order valence-corrected chi connectivity index (χ4v) is 2.86. The molecule has 128 valence electrons. The van der Waals surface area contributed by atoms with E-state index in [1.165, 1.54) is 0 Å². The van der Waals surface area contributed by atoms with Gasteiger partial charge in [-0.25, -0.2) is 0 Å². The largest absolute Gasteiger partial charge is 0.348 e. The fraction of sp³-hybridized carbons (Fsp3) is 0.250. The number of hydrogen-bond acceptors (Lipinski definition) is 3. The molecule has 1 aromatic heterocycles. The van der Waals surface area contributed by atoms with Crippen LogP contribution in [-0.2, 0) is 17.8 Å². The number of rotatable bonds is 4. The monoisotopic (exact) mass is 335 g/mol. The van der Waals surface area contributed by atoms with Crippen LogP contribution in [0.3, 0.4) is 0 Å². The third kappa shape index (κ3) is 3.94. The molecule has 0 radical (unpaired) electrons. The summed E-state index contributed by atoms with van der Waals surface area (Å²) in [6, 6.07) is 9.25. The molecular weight excluding hydrogens is 314 g/mol. The zero-order valence-corrected chi connectivity index (χ0v) is 14.5. The number of nitrogens with one attached hydrogen (secondary N) is 1. The number of pyridine rings is 1. The zero-order valence-electron chi connectivity index (χ0n) is 14.5. The molecule has 3 rings (SSSR count). The van der Waals surface area contributed by atoms with Gasteiger partial charge in [0.05, 0.1) is 5.69 Å². The number of nitrogens with zero attached hydrogens (tertiary/aromatic N) is 2. The number of carbonyl (C=O) groups is 2. The first kappa shape index (κ1) is 16.9. The second-order valence-electron chi connectivity index (χ2n) is 6.35. The first-order valence-electron chi connectivity index (χ1n) is 8.31. The lowest BCUT2D eigenvalue weighted by Crippen LogP contribution is -2.28. The Morgan fingerprint density at radius 2 is 1.96 bits per heavy atom. The standard InChI is InChI=1S/C20H21N3O2/c1-14(2)11-19(24)22-12-15-3-5-16(6-4-15)20(25)23-10-8-17-13-21-9-7-18(17)23/h3-7,9,11,13H,8,10,12H2,1-2H3,(H,22,24). The molecule has 0 bridgehead atoms. The predicted molar refractivity (Wildman–Crippen MR) is 97.3 cm³/mol. The van der Waals surface area contributed by atoms with E-state index in [0.717, 1.165) is 28.8 Å². The van der Waals surface area contributed by atoms with Crippen molar-refractivity contribution in [1.29, 1.82) is 0 Å². The molecule has 1 aliphatic rings. The van der Waals surface area contributed by atoms with E-state index in [1.54, 1.807) is 17.2 Å². The number of hydrogen-bond donors (Lipinski definition) is 1. The molecule has 2 heterocycles. The Morgan fingerprint density at radius 3 is 2.68 bits per heavy atom. The van der Waals surface area contributed by atoms with Crippen LogP contribution in [0.15, 0.2) is 54.4 Å². The summed E-state index contributed by atoms with van der Waals surface area (Å²) in [6.45, 7) is 4.88. The van der Waals surface area contributed by atoms with E-state index in [2.05, 4.69) is 10.3 Å². The summed E-state index contributed by atoms with van der Waals surface area (Å²) in [6.07, 6.45) is 5.94. The molecule has 1 aliphatic heterocycles. The Morgan fingerprint density at radius 1 is 1.20 bits per heavy atom. The van der Waals surface area contributed by atoms with Gasteiger partial charge in [0, 0.05) is 37.1 Å². The predicted octanol–water partition coefficient (Wildman–Crippen LogP) is 2.87. The minimum Gasteiger partial charge on any atom is -0.348 e. The highest BCUT2D eigenvalue weighted by atomic mass is 16.2. The molecule has 5 heteroatoms. The van der Waals surface area contributed by atoms with Gasteiger partial charge in [-0.15, -0.1) is 0 Å². The van der Waals surface area contributed by atoms with E-state index >= 15 is 0 Å². The minimum atomic E-state index is -0.109. The van der Waals surface area contributed by atoms with E-state index < -0.39 is 0 Å². The van der Waals surface area contributed by atoms with Gasteiger partial charge in [0.2, 0.25) is 5.91 Å². The Kier molecular flexibility index (Phi) is 4.93. The average molecular weight is 335 g/mol. The molecular formula is C20H21N3O2. The molecule has 1 N–H and O–H groups in total. The van der Waals surface area contributed by atoms with Crippen molar-refractivity contribution in [3.63, 3.8) is 0 Å². The van der Waals surface area contributed by atoms with Gasteiger partial charge in [-0.1, -0.05) is 17.7 Å². The average Bonchev–Trinajstić information content (AvgIpc) is 3.03.